The SMILES string of the molecule is Cc1ccccc1S(=O)(=O)NNc1cccc[n+]1C. The van der Waals surface area contributed by atoms with Crippen molar-refractivity contribution in [2.75, 3.05) is 5.43 Å². The average Bonchev–Trinajstić information content (AvgIpc) is 2.38. The Morgan fingerprint density at radius 2 is 1.74 bits per heavy atom. The summed E-state index contributed by atoms with van der Waals surface area (Å²) in [6, 6.07) is 12.3. The second kappa shape index (κ2) is 5.38. The van der Waals surface area contributed by atoms with Crippen LogP contribution < -0.4 is 14.8 Å². The first-order valence-electron chi connectivity index (χ1n) is 5.79. The van der Waals surface area contributed by atoms with Crippen molar-refractivity contribution in [3.63, 3.8) is 0 Å². The predicted octanol–water partition coefficient (Wildman–Crippen LogP) is 1.12. The van der Waals surface area contributed by atoms with E-state index in [2.05, 4.69) is 10.3 Å². The van der Waals surface area contributed by atoms with Gasteiger partial charge in [-0.3, -0.25) is 0 Å². The molecular weight excluding hydrogens is 262 g/mol. The van der Waals surface area contributed by atoms with Gasteiger partial charge in [0.25, 0.3) is 15.8 Å². The van der Waals surface area contributed by atoms with Crippen molar-refractivity contribution < 1.29 is 13.0 Å². The van der Waals surface area contributed by atoms with Gasteiger partial charge in [0, 0.05) is 6.07 Å². The Hall–Kier alpha value is -1.92. The van der Waals surface area contributed by atoms with Gasteiger partial charge < -0.3 is 0 Å². The standard InChI is InChI=1S/C13H15N3O2S/c1-11-7-3-4-8-12(11)19(17,18)15-14-13-9-5-6-10-16(13)2/h3-10,15H,1-2H3/p+1. The lowest BCUT2D eigenvalue weighted by molar-refractivity contribution is -0.657. The van der Waals surface area contributed by atoms with E-state index in [0.717, 1.165) is 0 Å². The van der Waals surface area contributed by atoms with Gasteiger partial charge in [-0.05, 0) is 24.6 Å². The fourth-order valence-corrected chi connectivity index (χ4v) is 2.78. The van der Waals surface area contributed by atoms with Gasteiger partial charge >= 0.3 is 0 Å². The molecule has 0 amide bonds. The molecule has 0 aliphatic rings. The third-order valence-electron chi connectivity index (χ3n) is 2.75. The van der Waals surface area contributed by atoms with E-state index < -0.39 is 10.0 Å². The number of hydrazine groups is 1. The van der Waals surface area contributed by atoms with Gasteiger partial charge in [-0.25, -0.2) is 13.0 Å². The highest BCUT2D eigenvalue weighted by Crippen LogP contribution is 2.13. The van der Waals surface area contributed by atoms with E-state index in [9.17, 15) is 8.42 Å². The zero-order valence-electron chi connectivity index (χ0n) is 10.8. The summed E-state index contributed by atoms with van der Waals surface area (Å²) >= 11 is 0. The number of hydrogen-bond acceptors (Lipinski definition) is 3. The number of aryl methyl sites for hydroxylation is 2. The molecule has 0 unspecified atom stereocenters. The summed E-state index contributed by atoms with van der Waals surface area (Å²) in [4.78, 5) is 2.64. The van der Waals surface area contributed by atoms with E-state index in [0.29, 0.717) is 11.4 Å². The van der Waals surface area contributed by atoms with E-state index in [1.165, 1.54) is 0 Å². The number of sulfonamides is 1. The molecule has 2 N–H and O–H groups in total. The average molecular weight is 278 g/mol. The molecule has 5 nitrogen and oxygen atoms in total. The van der Waals surface area contributed by atoms with Gasteiger partial charge in [0.05, 0.1) is 18.1 Å². The molecule has 1 aromatic heterocycles. The number of nitrogens with zero attached hydrogens (tertiary/aromatic N) is 1. The fourth-order valence-electron chi connectivity index (χ4n) is 1.69. The number of pyridine rings is 1. The molecule has 19 heavy (non-hydrogen) atoms. The highest BCUT2D eigenvalue weighted by atomic mass is 32.2. The summed E-state index contributed by atoms with van der Waals surface area (Å²) in [7, 11) is -1.76. The van der Waals surface area contributed by atoms with Gasteiger partial charge in [0.2, 0.25) is 0 Å². The first-order valence-corrected chi connectivity index (χ1v) is 7.27. The van der Waals surface area contributed by atoms with Crippen molar-refractivity contribution in [2.24, 2.45) is 7.05 Å². The molecule has 2 rings (SSSR count). The normalized spacial score (nSPS) is 11.3. The first-order chi connectivity index (χ1) is 9.00. The molecule has 1 aromatic carbocycles. The quantitative estimate of drug-likeness (QED) is 0.651. The second-order valence-electron chi connectivity index (χ2n) is 4.19. The summed E-state index contributed by atoms with van der Waals surface area (Å²) in [6.45, 7) is 1.76. The second-order valence-corrected chi connectivity index (χ2v) is 5.84. The minimum atomic E-state index is -3.58. The summed E-state index contributed by atoms with van der Waals surface area (Å²) in [6.07, 6.45) is 1.82. The van der Waals surface area contributed by atoms with E-state index in [1.54, 1.807) is 41.8 Å². The van der Waals surface area contributed by atoms with E-state index in [1.807, 2.05) is 25.4 Å². The molecule has 1 heterocycles. The summed E-state index contributed by atoms with van der Waals surface area (Å²) in [5.41, 5.74) is 3.41. The number of aromatic nitrogens is 1. The number of anilines is 1. The molecule has 0 fully saturated rings. The van der Waals surface area contributed by atoms with Crippen molar-refractivity contribution >= 4 is 15.8 Å². The predicted molar refractivity (Wildman–Crippen MR) is 72.7 cm³/mol. The number of hydrogen-bond donors (Lipinski definition) is 2. The molecule has 0 aliphatic carbocycles. The minimum Gasteiger partial charge on any atom is -0.236 e. The van der Waals surface area contributed by atoms with Crippen LogP contribution in [-0.4, -0.2) is 8.42 Å². The van der Waals surface area contributed by atoms with Crippen LogP contribution in [-0.2, 0) is 17.1 Å². The molecule has 2 aromatic rings. The molecule has 0 spiro atoms. The van der Waals surface area contributed by atoms with Crippen LogP contribution in [0.15, 0.2) is 53.6 Å². The van der Waals surface area contributed by atoms with Crippen molar-refractivity contribution in [2.45, 2.75) is 11.8 Å². The van der Waals surface area contributed by atoms with Crippen LogP contribution in [0.2, 0.25) is 0 Å². The smallest absolute Gasteiger partial charge is 0.236 e. The first kappa shape index (κ1) is 13.5. The number of rotatable bonds is 4. The molecule has 0 saturated carbocycles. The Bertz CT molecular complexity index is 684. The zero-order chi connectivity index (χ0) is 13.9. The van der Waals surface area contributed by atoms with E-state index in [-0.39, 0.29) is 4.90 Å². The third-order valence-corrected chi connectivity index (χ3v) is 4.16. The van der Waals surface area contributed by atoms with Crippen LogP contribution in [0.5, 0.6) is 0 Å². The largest absolute Gasteiger partial charge is 0.293 e. The van der Waals surface area contributed by atoms with Crippen LogP contribution in [0.1, 0.15) is 5.56 Å². The maximum atomic E-state index is 12.2. The molecule has 0 bridgehead atoms. The third kappa shape index (κ3) is 3.10. The van der Waals surface area contributed by atoms with Crippen molar-refractivity contribution in [1.29, 1.82) is 0 Å². The Morgan fingerprint density at radius 1 is 1.05 bits per heavy atom. The molecular formula is C13H16N3O2S+. The number of benzene rings is 1. The Kier molecular flexibility index (Phi) is 3.82. The molecule has 0 radical (unpaired) electrons. The van der Waals surface area contributed by atoms with Gasteiger partial charge in [0.15, 0.2) is 0 Å². The summed E-state index contributed by atoms with van der Waals surface area (Å²) < 4.78 is 26.1. The van der Waals surface area contributed by atoms with Crippen molar-refractivity contribution in [1.82, 2.24) is 4.83 Å². The Morgan fingerprint density at radius 3 is 2.42 bits per heavy atom. The summed E-state index contributed by atoms with van der Waals surface area (Å²) in [5, 5.41) is 0. The van der Waals surface area contributed by atoms with Crippen LogP contribution >= 0.6 is 0 Å². The zero-order valence-corrected chi connectivity index (χ0v) is 11.6. The molecule has 0 aliphatic heterocycles. The van der Waals surface area contributed by atoms with Gasteiger partial charge in [-0.1, -0.05) is 29.1 Å². The highest BCUT2D eigenvalue weighted by molar-refractivity contribution is 7.89. The fraction of sp³-hybridized carbons (Fsp3) is 0.154. The maximum Gasteiger partial charge on any atom is 0.293 e. The Labute approximate surface area is 112 Å². The maximum absolute atomic E-state index is 12.2. The summed E-state index contributed by atoms with van der Waals surface area (Å²) in [5.74, 6) is 0.652. The van der Waals surface area contributed by atoms with Crippen molar-refractivity contribution in [3.8, 4) is 0 Å². The van der Waals surface area contributed by atoms with Gasteiger partial charge in [-0.15, -0.1) is 0 Å². The highest BCUT2D eigenvalue weighted by Gasteiger charge is 2.18. The van der Waals surface area contributed by atoms with Crippen molar-refractivity contribution in [3.05, 3.63) is 54.2 Å². The Balaban J connectivity index is 2.20. The monoisotopic (exact) mass is 278 g/mol. The molecule has 0 saturated heterocycles. The lowest BCUT2D eigenvalue weighted by atomic mass is 10.2. The van der Waals surface area contributed by atoms with E-state index >= 15 is 0 Å². The lowest BCUT2D eigenvalue weighted by Gasteiger charge is -2.07. The molecule has 100 valence electrons. The number of nitrogens with one attached hydrogen (secondary N) is 2. The topological polar surface area (TPSA) is 62.1 Å². The van der Waals surface area contributed by atoms with Gasteiger partial charge in [0.1, 0.15) is 0 Å². The molecule has 0 atom stereocenters. The van der Waals surface area contributed by atoms with E-state index in [4.69, 9.17) is 0 Å². The lowest BCUT2D eigenvalue weighted by Crippen LogP contribution is -2.38. The van der Waals surface area contributed by atoms with Crippen LogP contribution in [0.25, 0.3) is 0 Å². The van der Waals surface area contributed by atoms with Crippen LogP contribution in [0, 0.1) is 6.92 Å². The van der Waals surface area contributed by atoms with Crippen LogP contribution in [0.3, 0.4) is 0 Å². The van der Waals surface area contributed by atoms with Crippen LogP contribution in [0.4, 0.5) is 5.82 Å². The van der Waals surface area contributed by atoms with Gasteiger partial charge in [-0.2, -0.15) is 5.43 Å². The minimum absolute atomic E-state index is 0.265. The molecule has 6 heteroatoms.